The molecule has 1 fully saturated rings. The van der Waals surface area contributed by atoms with Gasteiger partial charge in [0.1, 0.15) is 6.23 Å². The quantitative estimate of drug-likeness (QED) is 0.726. The van der Waals surface area contributed by atoms with E-state index >= 15 is 0 Å². The molecule has 1 saturated heterocycles. The molecule has 1 rings (SSSR count). The summed E-state index contributed by atoms with van der Waals surface area (Å²) in [6.07, 6.45) is -1.26. The van der Waals surface area contributed by atoms with Gasteiger partial charge in [0, 0.05) is 5.41 Å². The van der Waals surface area contributed by atoms with Crippen LogP contribution in [-0.2, 0) is 14.3 Å². The first-order chi connectivity index (χ1) is 7.29. The number of nitrogens with zero attached hydrogens (tertiary/aromatic N) is 1. The van der Waals surface area contributed by atoms with Crippen LogP contribution < -0.4 is 0 Å². The van der Waals surface area contributed by atoms with Gasteiger partial charge >= 0.3 is 12.1 Å². The molecule has 0 unspecified atom stereocenters. The Hall–Kier alpha value is -1.30. The third-order valence-electron chi connectivity index (χ3n) is 2.41. The minimum Gasteiger partial charge on any atom is -0.480 e. The number of ether oxygens (including phenoxy) is 2. The van der Waals surface area contributed by atoms with Crippen molar-refractivity contribution in [3.8, 4) is 0 Å². The van der Waals surface area contributed by atoms with Crippen molar-refractivity contribution in [3.05, 3.63) is 0 Å². The van der Waals surface area contributed by atoms with E-state index in [1.165, 1.54) is 7.11 Å². The van der Waals surface area contributed by atoms with Crippen LogP contribution >= 0.6 is 0 Å². The van der Waals surface area contributed by atoms with Gasteiger partial charge in [0.05, 0.1) is 13.7 Å². The molecule has 1 N–H and O–H groups in total. The highest BCUT2D eigenvalue weighted by atomic mass is 16.6. The molecule has 6 nitrogen and oxygen atoms in total. The lowest BCUT2D eigenvalue weighted by atomic mass is 9.93. The van der Waals surface area contributed by atoms with Crippen LogP contribution in [0.2, 0.25) is 0 Å². The van der Waals surface area contributed by atoms with Crippen LogP contribution in [0.25, 0.3) is 0 Å². The average molecular weight is 231 g/mol. The van der Waals surface area contributed by atoms with E-state index in [9.17, 15) is 9.59 Å². The summed E-state index contributed by atoms with van der Waals surface area (Å²) in [5.41, 5.74) is -0.363. The number of hydrogen-bond acceptors (Lipinski definition) is 4. The van der Waals surface area contributed by atoms with Gasteiger partial charge in [-0.2, -0.15) is 0 Å². The summed E-state index contributed by atoms with van der Waals surface area (Å²) in [5.74, 6) is -1.09. The standard InChI is InChI=1S/C10H17NO5/c1-10(2,3)8-11(9(14)15-4)6(5-16-8)7(12)13/h6,8H,5H2,1-4H3,(H,12,13)/t6-,8+/m0/s1. The Morgan fingerprint density at radius 3 is 2.38 bits per heavy atom. The minimum atomic E-state index is -1.09. The number of carbonyl (C=O) groups is 2. The number of carboxylic acid groups (broad SMARTS) is 1. The third-order valence-corrected chi connectivity index (χ3v) is 2.41. The molecule has 92 valence electrons. The molecule has 1 heterocycles. The van der Waals surface area contributed by atoms with Gasteiger partial charge in [0.25, 0.3) is 0 Å². The van der Waals surface area contributed by atoms with Crippen molar-refractivity contribution < 1.29 is 24.2 Å². The normalized spacial score (nSPS) is 25.6. The van der Waals surface area contributed by atoms with E-state index in [1.807, 2.05) is 20.8 Å². The summed E-state index contributed by atoms with van der Waals surface area (Å²) in [4.78, 5) is 23.7. The number of carbonyl (C=O) groups excluding carboxylic acids is 1. The van der Waals surface area contributed by atoms with Crippen LogP contribution in [0.3, 0.4) is 0 Å². The van der Waals surface area contributed by atoms with Crippen LogP contribution in [0.5, 0.6) is 0 Å². The Morgan fingerprint density at radius 2 is 2.00 bits per heavy atom. The maximum Gasteiger partial charge on any atom is 0.412 e. The topological polar surface area (TPSA) is 76.1 Å². The summed E-state index contributed by atoms with van der Waals surface area (Å²) in [6, 6.07) is -0.975. The Morgan fingerprint density at radius 1 is 1.44 bits per heavy atom. The van der Waals surface area contributed by atoms with E-state index in [2.05, 4.69) is 4.74 Å². The largest absolute Gasteiger partial charge is 0.480 e. The predicted molar refractivity (Wildman–Crippen MR) is 54.9 cm³/mol. The van der Waals surface area contributed by atoms with Crippen LogP contribution in [0, 0.1) is 5.41 Å². The summed E-state index contributed by atoms with van der Waals surface area (Å²) >= 11 is 0. The highest BCUT2D eigenvalue weighted by Gasteiger charge is 2.47. The zero-order valence-corrected chi connectivity index (χ0v) is 9.89. The molecule has 0 radical (unpaired) electrons. The maximum atomic E-state index is 11.5. The molecule has 1 aliphatic rings. The van der Waals surface area contributed by atoms with Gasteiger partial charge in [0.2, 0.25) is 0 Å². The molecule has 0 aliphatic carbocycles. The number of carboxylic acids is 1. The van der Waals surface area contributed by atoms with E-state index in [0.29, 0.717) is 0 Å². The number of hydrogen-bond donors (Lipinski definition) is 1. The van der Waals surface area contributed by atoms with E-state index in [0.717, 1.165) is 4.90 Å². The Bertz CT molecular complexity index is 296. The molecule has 0 spiro atoms. The lowest BCUT2D eigenvalue weighted by Gasteiger charge is -2.33. The second-order valence-electron chi connectivity index (χ2n) is 4.78. The first-order valence-electron chi connectivity index (χ1n) is 4.99. The predicted octanol–water partition coefficient (Wildman–Crippen LogP) is 0.910. The lowest BCUT2D eigenvalue weighted by molar-refractivity contribution is -0.142. The molecule has 1 amide bonds. The SMILES string of the molecule is COC(=O)N1[C@H](C(=O)O)CO[C@@H]1C(C)(C)C. The fraction of sp³-hybridized carbons (Fsp3) is 0.800. The third kappa shape index (κ3) is 2.27. The molecular formula is C10H17NO5. The van der Waals surface area contributed by atoms with Crippen molar-refractivity contribution in [2.45, 2.75) is 33.0 Å². The van der Waals surface area contributed by atoms with Crippen molar-refractivity contribution in [1.29, 1.82) is 0 Å². The second kappa shape index (κ2) is 4.29. The fourth-order valence-corrected chi connectivity index (χ4v) is 1.69. The summed E-state index contributed by atoms with van der Waals surface area (Å²) < 4.78 is 9.95. The van der Waals surface area contributed by atoms with Crippen molar-refractivity contribution in [2.24, 2.45) is 5.41 Å². The van der Waals surface area contributed by atoms with Crippen LogP contribution in [-0.4, -0.2) is 48.1 Å². The van der Waals surface area contributed by atoms with E-state index in [1.54, 1.807) is 0 Å². The number of aliphatic carboxylic acids is 1. The van der Waals surface area contributed by atoms with Crippen LogP contribution in [0.1, 0.15) is 20.8 Å². The molecule has 0 aromatic heterocycles. The Balaban J connectivity index is 2.97. The molecule has 0 saturated carbocycles. The second-order valence-corrected chi connectivity index (χ2v) is 4.78. The first-order valence-corrected chi connectivity index (χ1v) is 4.99. The van der Waals surface area contributed by atoms with Crippen molar-refractivity contribution in [3.63, 3.8) is 0 Å². The van der Waals surface area contributed by atoms with E-state index in [-0.39, 0.29) is 12.0 Å². The van der Waals surface area contributed by atoms with Gasteiger partial charge < -0.3 is 14.6 Å². The number of rotatable bonds is 1. The van der Waals surface area contributed by atoms with Gasteiger partial charge in [0.15, 0.2) is 6.04 Å². The van der Waals surface area contributed by atoms with Crippen molar-refractivity contribution >= 4 is 12.1 Å². The monoisotopic (exact) mass is 231 g/mol. The van der Waals surface area contributed by atoms with Crippen molar-refractivity contribution in [2.75, 3.05) is 13.7 Å². The molecule has 0 bridgehead atoms. The Labute approximate surface area is 94.1 Å². The maximum absolute atomic E-state index is 11.5. The minimum absolute atomic E-state index is 0.00757. The van der Waals surface area contributed by atoms with Gasteiger partial charge in [-0.3, -0.25) is 4.90 Å². The van der Waals surface area contributed by atoms with Gasteiger partial charge in [-0.1, -0.05) is 20.8 Å². The zero-order valence-electron chi connectivity index (χ0n) is 9.89. The Kier molecular flexibility index (Phi) is 3.42. The smallest absolute Gasteiger partial charge is 0.412 e. The summed E-state index contributed by atoms with van der Waals surface area (Å²) in [6.45, 7) is 5.61. The molecule has 1 aliphatic heterocycles. The molecule has 16 heavy (non-hydrogen) atoms. The lowest BCUT2D eigenvalue weighted by Crippen LogP contribution is -2.50. The van der Waals surface area contributed by atoms with E-state index < -0.39 is 24.3 Å². The van der Waals surface area contributed by atoms with Crippen LogP contribution in [0.4, 0.5) is 4.79 Å². The molecule has 0 aromatic carbocycles. The van der Waals surface area contributed by atoms with Gasteiger partial charge in [-0.05, 0) is 0 Å². The van der Waals surface area contributed by atoms with Crippen LogP contribution in [0.15, 0.2) is 0 Å². The molecular weight excluding hydrogens is 214 g/mol. The fourth-order valence-electron chi connectivity index (χ4n) is 1.69. The molecule has 6 heteroatoms. The first kappa shape index (κ1) is 12.8. The highest BCUT2D eigenvalue weighted by molar-refractivity contribution is 5.80. The molecule has 0 aromatic rings. The number of methoxy groups -OCH3 is 1. The van der Waals surface area contributed by atoms with Gasteiger partial charge in [-0.15, -0.1) is 0 Å². The highest BCUT2D eigenvalue weighted by Crippen LogP contribution is 2.32. The summed E-state index contributed by atoms with van der Waals surface area (Å²) in [7, 11) is 1.22. The average Bonchev–Trinajstić information content (AvgIpc) is 2.59. The summed E-state index contributed by atoms with van der Waals surface area (Å²) in [5, 5.41) is 8.98. The molecule has 2 atom stereocenters. The zero-order chi connectivity index (χ0) is 12.5. The van der Waals surface area contributed by atoms with Crippen molar-refractivity contribution in [1.82, 2.24) is 4.90 Å². The van der Waals surface area contributed by atoms with Gasteiger partial charge in [-0.25, -0.2) is 9.59 Å². The van der Waals surface area contributed by atoms with E-state index in [4.69, 9.17) is 9.84 Å². The number of amides is 1.